The molecule has 0 aliphatic heterocycles. The highest BCUT2D eigenvalue weighted by atomic mass is 32.2. The lowest BCUT2D eigenvalue weighted by Crippen LogP contribution is -1.96. The largest absolute Gasteiger partial charge is 0.363 e. The second-order valence-electron chi connectivity index (χ2n) is 1.93. The number of aliphatic hydroxyl groups excluding tert-OH is 1. The predicted octanol–water partition coefficient (Wildman–Crippen LogP) is 1.82. The van der Waals surface area contributed by atoms with E-state index in [0.29, 0.717) is 5.56 Å². The zero-order chi connectivity index (χ0) is 8.10. The predicted molar refractivity (Wildman–Crippen MR) is 42.7 cm³/mol. The molecule has 1 aromatic rings. The normalized spacial score (nSPS) is 12.9. The van der Waals surface area contributed by atoms with E-state index in [1.807, 2.05) is 6.07 Å². The van der Waals surface area contributed by atoms with E-state index in [1.54, 1.807) is 24.3 Å². The van der Waals surface area contributed by atoms with Gasteiger partial charge in [0.25, 0.3) is 0 Å². The lowest BCUT2D eigenvalue weighted by Gasteiger charge is -2.06. The number of hydrogen-bond donors (Lipinski definition) is 2. The number of aliphatic hydroxyl groups is 1. The van der Waals surface area contributed by atoms with E-state index in [-0.39, 0.29) is 12.3 Å². The fraction of sp³-hybridized carbons (Fsp3) is 0.143. The van der Waals surface area contributed by atoms with E-state index in [1.165, 1.54) is 0 Å². The topological polar surface area (TPSA) is 49.7 Å². The third kappa shape index (κ3) is 2.51. The molecule has 0 spiro atoms. The highest BCUT2D eigenvalue weighted by molar-refractivity contribution is 7.88. The second-order valence-corrected chi connectivity index (χ2v) is 2.28. The molecule has 3 nitrogen and oxygen atoms in total. The molecule has 0 fully saturated rings. The fourth-order valence-electron chi connectivity index (χ4n) is 0.714. The average Bonchev–Trinajstić information content (AvgIpc) is 2.07. The Morgan fingerprint density at radius 2 is 1.91 bits per heavy atom. The average molecular weight is 172 g/mol. The smallest absolute Gasteiger partial charge is 0.196 e. The molecule has 0 amide bonds. The van der Waals surface area contributed by atoms with Crippen molar-refractivity contribution < 1.29 is 13.8 Å². The van der Waals surface area contributed by atoms with Crippen LogP contribution in [0.1, 0.15) is 11.9 Å². The van der Waals surface area contributed by atoms with E-state index in [9.17, 15) is 0 Å². The lowest BCUT2D eigenvalue weighted by atomic mass is 10.2. The first kappa shape index (κ1) is 8.55. The van der Waals surface area contributed by atoms with Crippen LogP contribution in [0.25, 0.3) is 0 Å². The summed E-state index contributed by atoms with van der Waals surface area (Å²) in [5.74, 6) is 0. The maximum absolute atomic E-state index is 9.12. The Kier molecular flexibility index (Phi) is 3.38. The van der Waals surface area contributed by atoms with Crippen LogP contribution in [0.4, 0.5) is 0 Å². The van der Waals surface area contributed by atoms with Crippen molar-refractivity contribution in [2.24, 2.45) is 0 Å². The number of hydrogen-bond acceptors (Lipinski definition) is 4. The first-order valence-corrected chi connectivity index (χ1v) is 3.74. The molecule has 2 N–H and O–H groups in total. The minimum absolute atomic E-state index is 0.155. The maximum atomic E-state index is 9.12. The molecule has 0 aromatic heterocycles. The summed E-state index contributed by atoms with van der Waals surface area (Å²) in [6, 6.07) is 8.82. The second kappa shape index (κ2) is 4.35. The summed E-state index contributed by atoms with van der Waals surface area (Å²) in [7, 11) is 0. The summed E-state index contributed by atoms with van der Waals surface area (Å²) in [4.78, 5) is 0. The number of rotatable bonds is 3. The molecule has 4 heteroatoms. The molecular weight excluding hydrogens is 164 g/mol. The van der Waals surface area contributed by atoms with Gasteiger partial charge in [-0.3, -0.25) is 4.18 Å². The molecular formula is C7H8O3S. The Morgan fingerprint density at radius 3 is 2.45 bits per heavy atom. The van der Waals surface area contributed by atoms with E-state index in [4.69, 9.17) is 9.66 Å². The summed E-state index contributed by atoms with van der Waals surface area (Å²) >= 11 is 0.155. The van der Waals surface area contributed by atoms with Crippen LogP contribution in [0.3, 0.4) is 0 Å². The Morgan fingerprint density at radius 1 is 1.27 bits per heavy atom. The van der Waals surface area contributed by atoms with Gasteiger partial charge in [0.1, 0.15) is 0 Å². The third-order valence-corrected chi connectivity index (χ3v) is 1.49. The van der Waals surface area contributed by atoms with E-state index >= 15 is 0 Å². The maximum Gasteiger partial charge on any atom is 0.196 e. The van der Waals surface area contributed by atoms with Gasteiger partial charge >= 0.3 is 0 Å². The van der Waals surface area contributed by atoms with Gasteiger partial charge in [-0.15, -0.1) is 0 Å². The van der Waals surface area contributed by atoms with Crippen LogP contribution in [0.2, 0.25) is 0 Å². The van der Waals surface area contributed by atoms with Crippen molar-refractivity contribution >= 4 is 12.3 Å². The summed E-state index contributed by atoms with van der Waals surface area (Å²) in [6.45, 7) is 0. The van der Waals surface area contributed by atoms with Gasteiger partial charge in [0.2, 0.25) is 0 Å². The van der Waals surface area contributed by atoms with Gasteiger partial charge < -0.3 is 9.66 Å². The zero-order valence-corrected chi connectivity index (χ0v) is 6.49. The Balaban J connectivity index is 2.61. The first-order chi connectivity index (χ1) is 5.34. The fourth-order valence-corrected chi connectivity index (χ4v) is 0.907. The lowest BCUT2D eigenvalue weighted by molar-refractivity contribution is -0.00777. The molecule has 1 atom stereocenters. The molecule has 0 heterocycles. The van der Waals surface area contributed by atoms with Gasteiger partial charge in [0.05, 0.1) is 0 Å². The van der Waals surface area contributed by atoms with Crippen molar-refractivity contribution in [3.8, 4) is 0 Å². The molecule has 1 aromatic carbocycles. The van der Waals surface area contributed by atoms with Crippen LogP contribution in [-0.4, -0.2) is 9.66 Å². The molecule has 1 unspecified atom stereocenters. The molecule has 0 aliphatic rings. The van der Waals surface area contributed by atoms with Gasteiger partial charge in [0.15, 0.2) is 18.6 Å². The Labute approximate surface area is 69.0 Å². The minimum atomic E-state index is -1.06. The van der Waals surface area contributed by atoms with Gasteiger partial charge in [0, 0.05) is 5.56 Å². The van der Waals surface area contributed by atoms with Crippen molar-refractivity contribution in [2.75, 3.05) is 0 Å². The summed E-state index contributed by atoms with van der Waals surface area (Å²) in [6.07, 6.45) is -1.06. The monoisotopic (exact) mass is 172 g/mol. The molecule has 0 radical (unpaired) electrons. The summed E-state index contributed by atoms with van der Waals surface area (Å²) in [5, 5.41) is 9.12. The quantitative estimate of drug-likeness (QED) is 0.539. The van der Waals surface area contributed by atoms with Crippen LogP contribution in [0, 0.1) is 0 Å². The molecule has 0 saturated heterocycles. The van der Waals surface area contributed by atoms with Crippen LogP contribution in [0.5, 0.6) is 0 Å². The Bertz CT molecular complexity index is 202. The van der Waals surface area contributed by atoms with E-state index in [0.717, 1.165) is 0 Å². The van der Waals surface area contributed by atoms with Crippen LogP contribution >= 0.6 is 12.3 Å². The molecule has 11 heavy (non-hydrogen) atoms. The highest BCUT2D eigenvalue weighted by Gasteiger charge is 2.05. The van der Waals surface area contributed by atoms with Crippen molar-refractivity contribution in [1.29, 1.82) is 0 Å². The molecule has 0 aliphatic carbocycles. The van der Waals surface area contributed by atoms with E-state index in [2.05, 4.69) is 4.18 Å². The van der Waals surface area contributed by atoms with Gasteiger partial charge in [-0.2, -0.15) is 0 Å². The third-order valence-electron chi connectivity index (χ3n) is 1.22. The molecule has 0 saturated carbocycles. The van der Waals surface area contributed by atoms with Gasteiger partial charge in [-0.05, 0) is 0 Å². The summed E-state index contributed by atoms with van der Waals surface area (Å²) < 4.78 is 12.7. The van der Waals surface area contributed by atoms with Crippen LogP contribution < -0.4 is 0 Å². The minimum Gasteiger partial charge on any atom is -0.363 e. The van der Waals surface area contributed by atoms with Gasteiger partial charge in [-0.25, -0.2) is 0 Å². The highest BCUT2D eigenvalue weighted by Crippen LogP contribution is 2.17. The van der Waals surface area contributed by atoms with Crippen molar-refractivity contribution in [3.05, 3.63) is 35.9 Å². The van der Waals surface area contributed by atoms with Crippen LogP contribution in [-0.2, 0) is 4.18 Å². The first-order valence-electron chi connectivity index (χ1n) is 3.04. The molecule has 60 valence electrons. The summed E-state index contributed by atoms with van der Waals surface area (Å²) in [5.41, 5.74) is 0.619. The number of benzene rings is 1. The van der Waals surface area contributed by atoms with E-state index < -0.39 is 6.29 Å². The van der Waals surface area contributed by atoms with Crippen molar-refractivity contribution in [1.82, 2.24) is 0 Å². The Hall–Kier alpha value is -0.550. The zero-order valence-electron chi connectivity index (χ0n) is 5.68. The SMILES string of the molecule is OSOC(O)c1ccccc1. The molecule has 1 rings (SSSR count). The molecule has 0 bridgehead atoms. The van der Waals surface area contributed by atoms with Gasteiger partial charge in [-0.1, -0.05) is 30.3 Å². The van der Waals surface area contributed by atoms with Crippen molar-refractivity contribution in [2.45, 2.75) is 6.29 Å². The van der Waals surface area contributed by atoms with Crippen LogP contribution in [0.15, 0.2) is 30.3 Å². The van der Waals surface area contributed by atoms with Crippen molar-refractivity contribution in [3.63, 3.8) is 0 Å². The standard InChI is InChI=1S/C7H8O3S/c8-7(10-11-9)6-4-2-1-3-5-6/h1-5,7-9H.